The second kappa shape index (κ2) is 40.2. The number of carboxylic acids is 6. The van der Waals surface area contributed by atoms with Gasteiger partial charge in [-0.3, -0.25) is 9.59 Å². The Hall–Kier alpha value is -15.7. The first-order valence-corrected chi connectivity index (χ1v) is 48.2. The summed E-state index contributed by atoms with van der Waals surface area (Å²) >= 11 is 0. The highest BCUT2D eigenvalue weighted by Gasteiger charge is 2.69. The number of fused-ring (bicyclic) bond motifs is 2. The molecule has 15 heteroatoms. The van der Waals surface area contributed by atoms with E-state index < -0.39 is 94.0 Å². The van der Waals surface area contributed by atoms with Crippen LogP contribution in [0, 0.1) is 23.7 Å². The fourth-order valence-electron chi connectivity index (χ4n) is 21.1. The van der Waals surface area contributed by atoms with Crippen molar-refractivity contribution < 1.29 is 59.4 Å². The molecular weight excluding hydrogens is 1730 g/mol. The molecule has 4 atom stereocenters. The van der Waals surface area contributed by atoms with Gasteiger partial charge in [-0.1, -0.05) is 370 Å². The Labute approximate surface area is 792 Å². The summed E-state index contributed by atoms with van der Waals surface area (Å²) in [5, 5.41) is 66.4. The van der Waals surface area contributed by atoms with Crippen molar-refractivity contribution in [1.29, 1.82) is 0 Å². The van der Waals surface area contributed by atoms with Gasteiger partial charge >= 0.3 is 17.9 Å². The van der Waals surface area contributed by atoms with Crippen molar-refractivity contribution in [2.24, 2.45) is 23.7 Å². The normalized spacial score (nSPS) is 19.1. The first-order valence-electron chi connectivity index (χ1n) is 44.5. The molecule has 3 N–H and O–H groups in total. The summed E-state index contributed by atoms with van der Waals surface area (Å²) < 4.78 is 0. The van der Waals surface area contributed by atoms with Crippen LogP contribution in [0.4, 0.5) is 0 Å². The topological polar surface area (TPSA) is 232 Å². The van der Waals surface area contributed by atoms with Crippen LogP contribution in [-0.4, -0.2) is 51.1 Å². The highest BCUT2D eigenvalue weighted by Crippen LogP contribution is 2.69. The van der Waals surface area contributed by atoms with Crippen molar-refractivity contribution >= 4 is 68.5 Å². The predicted octanol–water partition coefficient (Wildman–Crippen LogP) is 20.8. The lowest BCUT2D eigenvalue weighted by atomic mass is 9.38. The lowest BCUT2D eigenvalue weighted by molar-refractivity contribution is -0.317. The van der Waals surface area contributed by atoms with E-state index in [1.807, 2.05) is 206 Å². The Kier molecular flexibility index (Phi) is 26.8. The van der Waals surface area contributed by atoms with E-state index in [1.54, 1.807) is 0 Å². The SMILES string of the molecule is O=C([O-])C1=C(C(=O)O)C2c3ccccc3C1c1ccccc12.O=C([O-])C1C(C(=O)O)C2(c3ccccc3)c3ccccc3C1(c1ccccc1)c1ccccc12.O=C([O-])C1C2c3ccccc3C(c3ccccc32)C1C(=O)O.c1ccc([S+](c2ccccc2)c2ccccc2)cc1.c1ccc([S+](c2ccccc2)c2ccccc2)cc1.c1ccc([S+](c2ccccc2)c2ccccc2)cc1. The third-order valence-electron chi connectivity index (χ3n) is 26.2. The number of hydrogen-bond acceptors (Lipinski definition) is 9. The second-order valence-electron chi connectivity index (χ2n) is 33.3. The van der Waals surface area contributed by atoms with Gasteiger partial charge < -0.3 is 45.0 Å². The third-order valence-corrected chi connectivity index (χ3v) is 32.8. The van der Waals surface area contributed by atoms with Crippen LogP contribution in [0.1, 0.15) is 102 Å². The summed E-state index contributed by atoms with van der Waals surface area (Å²) in [7, 11) is -0.0439. The van der Waals surface area contributed by atoms with Crippen LogP contribution in [0.5, 0.6) is 0 Å². The van der Waals surface area contributed by atoms with Crippen LogP contribution in [0.3, 0.4) is 0 Å². The summed E-state index contributed by atoms with van der Waals surface area (Å²) in [6, 6.07) is 161. The Morgan fingerprint density at radius 1 is 0.215 bits per heavy atom. The Balaban J connectivity index is 0.000000110. The van der Waals surface area contributed by atoms with Crippen LogP contribution < -0.4 is 15.3 Å². The largest absolute Gasteiger partial charge is 0.550 e. The maximum Gasteiger partial charge on any atom is 0.332 e. The van der Waals surface area contributed by atoms with Gasteiger partial charge in [0.25, 0.3) is 0 Å². The highest BCUT2D eigenvalue weighted by atomic mass is 32.2. The number of carbonyl (C=O) groups is 6. The Bertz CT molecular complexity index is 6180. The smallest absolute Gasteiger partial charge is 0.332 e. The zero-order chi connectivity index (χ0) is 93.1. The maximum absolute atomic E-state index is 13.1. The summed E-state index contributed by atoms with van der Waals surface area (Å²) in [6.45, 7) is 0. The van der Waals surface area contributed by atoms with Gasteiger partial charge in [-0.15, -0.1) is 0 Å². The van der Waals surface area contributed by atoms with E-state index in [9.17, 15) is 59.4 Å². The molecule has 17 aromatic carbocycles. The van der Waals surface area contributed by atoms with Gasteiger partial charge in [-0.2, -0.15) is 0 Å². The summed E-state index contributed by atoms with van der Waals surface area (Å²) in [5.41, 5.74) is 9.36. The van der Waals surface area contributed by atoms with Gasteiger partial charge in [0, 0.05) is 47.4 Å². The Morgan fingerprint density at radius 3 is 0.622 bits per heavy atom. The minimum absolute atomic E-state index is 0.0146. The molecule has 0 fully saturated rings. The fourth-order valence-corrected chi connectivity index (χ4v) is 27.4. The van der Waals surface area contributed by atoms with E-state index in [0.29, 0.717) is 0 Å². The quantitative estimate of drug-likeness (QED) is 0.0723. The van der Waals surface area contributed by atoms with Gasteiger partial charge in [-0.25, -0.2) is 4.79 Å². The molecule has 135 heavy (non-hydrogen) atoms. The molecule has 0 aliphatic heterocycles. The minimum atomic E-state index is -1.41. The Morgan fingerprint density at radius 2 is 0.415 bits per heavy atom. The van der Waals surface area contributed by atoms with Crippen LogP contribution in [0.15, 0.2) is 534 Å². The third kappa shape index (κ3) is 17.1. The van der Waals surface area contributed by atoms with Gasteiger partial charge in [-0.05, 0) is 193 Å². The van der Waals surface area contributed by atoms with Crippen LogP contribution in [0.2, 0.25) is 0 Å². The van der Waals surface area contributed by atoms with Crippen LogP contribution >= 0.6 is 0 Å². The zero-order valence-corrected chi connectivity index (χ0v) is 75.4. The van der Waals surface area contributed by atoms with Crippen LogP contribution in [-0.2, 0) is 72.3 Å². The van der Waals surface area contributed by atoms with Gasteiger partial charge in [0.1, 0.15) is 0 Å². The zero-order valence-electron chi connectivity index (χ0n) is 73.0. The molecule has 12 nitrogen and oxygen atoms in total. The molecule has 0 spiro atoms. The first-order chi connectivity index (χ1) is 66.1. The molecule has 0 heterocycles. The second-order valence-corrected chi connectivity index (χ2v) is 39.3. The lowest BCUT2D eigenvalue weighted by Crippen LogP contribution is -2.66. The molecule has 0 saturated heterocycles. The number of carboxylic acid groups (broad SMARTS) is 6. The molecule has 0 aromatic heterocycles. The number of rotatable bonds is 17. The molecule has 660 valence electrons. The summed E-state index contributed by atoms with van der Waals surface area (Å²) in [5.74, 6) is -14.1. The number of hydrogen-bond donors (Lipinski definition) is 3. The molecule has 9 aliphatic carbocycles. The van der Waals surface area contributed by atoms with Crippen molar-refractivity contribution in [1.82, 2.24) is 0 Å². The molecule has 26 rings (SSSR count). The predicted molar refractivity (Wildman–Crippen MR) is 522 cm³/mol. The summed E-state index contributed by atoms with van der Waals surface area (Å²) in [6.07, 6.45) is 0. The van der Waals surface area contributed by atoms with Crippen LogP contribution in [0.25, 0.3) is 0 Å². The molecular formula is C120H90O12S3. The van der Waals surface area contributed by atoms with Crippen molar-refractivity contribution in [3.05, 3.63) is 568 Å². The monoisotopic (exact) mass is 1820 g/mol. The van der Waals surface area contributed by atoms with E-state index in [1.165, 1.54) is 44.1 Å². The van der Waals surface area contributed by atoms with E-state index in [0.717, 1.165) is 77.9 Å². The molecule has 17 aromatic rings. The van der Waals surface area contributed by atoms with E-state index in [-0.39, 0.29) is 43.8 Å². The summed E-state index contributed by atoms with van der Waals surface area (Å²) in [4.78, 5) is 85.3. The first kappa shape index (κ1) is 89.9. The number of benzene rings is 17. The lowest BCUT2D eigenvalue weighted by Gasteiger charge is -2.62. The molecule has 0 radical (unpaired) electrons. The molecule has 0 amide bonds. The van der Waals surface area contributed by atoms with Gasteiger partial charge in [0.15, 0.2) is 44.1 Å². The van der Waals surface area contributed by atoms with E-state index in [2.05, 4.69) is 273 Å². The van der Waals surface area contributed by atoms with E-state index in [4.69, 9.17) is 0 Å². The van der Waals surface area contributed by atoms with Gasteiger partial charge in [0.05, 0.1) is 66.9 Å². The number of carbonyl (C=O) groups excluding carboxylic acids is 3. The average molecular weight is 1820 g/mol. The fraction of sp³-hybridized carbons (Fsp3) is 0.0833. The minimum Gasteiger partial charge on any atom is -0.550 e. The standard InChI is InChI=1S/C30H22O4.C18H14O4.C18H12O4.3C18H15S/c31-27(32)25-26(28(33)34)30(20-13-5-2-6-14-20)23-17-9-7-15-21(23)29(25,19-11-3-1-4-12-19)22-16-8-10-18-24(22)30;2*19-17(20)15-13-9-5-1-2-6-10(9)14(16(15)18(21)22)12-8-4-3-7-11(12)13;3*1-4-10-16(11-5-1)19(17-12-6-2-7-13-17)18-14-8-3-9-15-18/h1-18,25-26H,(H,31,32)(H,33,34);1-8,13-16H,(H,19,20)(H,21,22);1-8,13-14H,(H,19,20)(H,21,22);3*1-15H/q;;;3*+1/p-3. The number of aliphatic carboxylic acids is 6. The van der Waals surface area contributed by atoms with Crippen molar-refractivity contribution in [2.45, 2.75) is 78.6 Å². The van der Waals surface area contributed by atoms with E-state index >= 15 is 0 Å². The maximum atomic E-state index is 13.1. The van der Waals surface area contributed by atoms with Gasteiger partial charge in [0.2, 0.25) is 0 Å². The van der Waals surface area contributed by atoms with Crippen molar-refractivity contribution in [2.75, 3.05) is 0 Å². The van der Waals surface area contributed by atoms with Crippen molar-refractivity contribution in [3.63, 3.8) is 0 Å². The molecule has 0 saturated carbocycles. The average Bonchev–Trinajstić information content (AvgIpc) is 0.644. The van der Waals surface area contributed by atoms with Crippen molar-refractivity contribution in [3.8, 4) is 0 Å². The highest BCUT2D eigenvalue weighted by molar-refractivity contribution is 7.97. The molecule has 9 aliphatic rings. The molecule has 6 bridgehead atoms. The molecule has 4 unspecified atom stereocenters.